The van der Waals surface area contributed by atoms with Crippen LogP contribution in [0.25, 0.3) is 0 Å². The Hall–Kier alpha value is -4.69. The van der Waals surface area contributed by atoms with Gasteiger partial charge >= 0.3 is 23.9 Å². The minimum Gasteiger partial charge on any atom is -0.490 e. The molecule has 0 spiro atoms. The number of aliphatic hydroxyl groups is 5. The molecule has 0 aromatic heterocycles. The van der Waals surface area contributed by atoms with Gasteiger partial charge in [-0.05, 0) is 80.5 Å². The number of aliphatic hydroxyl groups excluding tert-OH is 5. The lowest BCUT2D eigenvalue weighted by Gasteiger charge is -2.32. The minimum absolute atomic E-state index is 0.0141. The number of carbonyl (C=O) groups is 5. The second kappa shape index (κ2) is 21.9. The molecule has 1 amide bonds. The predicted octanol–water partition coefficient (Wildman–Crippen LogP) is -0.364. The number of hydrogen-bond donors (Lipinski definition) is 10. The van der Waals surface area contributed by atoms with Crippen LogP contribution in [0.5, 0.6) is 5.75 Å². The standard InChI is InChI=1S/C28H39N3O3.2C4H6O6/c1-20-15-25(10-7-24(20)18-31-14-13-29-21(2)17-31)30(3)28(33)23-8-11-26(12-9-23)34-27-6-4-5-22(16-27)19-32;2*5-1(3(7)8)2(6)4(9)10/h4-7,10,15-16,21,23,26,29,32H,8-9,11-14,17-19H2,1-3H3;2*1-2,5-6H,(H,7,8)(H,9,10)/t21-,23?,26?;2*1-,2-/m011/s1. The summed E-state index contributed by atoms with van der Waals surface area (Å²) in [4.78, 5) is 56.7. The fourth-order valence-electron chi connectivity index (χ4n) is 5.74. The molecule has 0 unspecified atom stereocenters. The van der Waals surface area contributed by atoms with E-state index in [1.54, 1.807) is 0 Å². The number of piperazine rings is 1. The molecule has 1 aliphatic heterocycles. The van der Waals surface area contributed by atoms with E-state index in [0.717, 1.165) is 68.9 Å². The Morgan fingerprint density at radius 2 is 1.37 bits per heavy atom. The fraction of sp³-hybridized carbons (Fsp3) is 0.528. The minimum atomic E-state index is -2.27. The molecule has 1 heterocycles. The molecule has 1 aliphatic carbocycles. The Kier molecular flexibility index (Phi) is 18.4. The largest absolute Gasteiger partial charge is 0.490 e. The lowest BCUT2D eigenvalue weighted by atomic mass is 9.86. The molecule has 2 aromatic rings. The Labute approximate surface area is 311 Å². The Balaban J connectivity index is 0.000000414. The van der Waals surface area contributed by atoms with Crippen molar-refractivity contribution in [1.82, 2.24) is 10.2 Å². The normalized spacial score (nSPS) is 20.6. The van der Waals surface area contributed by atoms with E-state index in [9.17, 15) is 29.1 Å². The Bertz CT molecular complexity index is 1490. The smallest absolute Gasteiger partial charge is 0.335 e. The summed E-state index contributed by atoms with van der Waals surface area (Å²) in [6.45, 7) is 8.54. The van der Waals surface area contributed by atoms with Crippen molar-refractivity contribution in [3.05, 3.63) is 59.2 Å². The first kappa shape index (κ1) is 45.5. The van der Waals surface area contributed by atoms with Gasteiger partial charge in [-0.3, -0.25) is 9.69 Å². The highest BCUT2D eigenvalue weighted by molar-refractivity contribution is 5.94. The zero-order valence-electron chi connectivity index (χ0n) is 30.3. The highest BCUT2D eigenvalue weighted by Gasteiger charge is 2.31. The number of nitrogens with one attached hydrogen (secondary N) is 1. The van der Waals surface area contributed by atoms with Crippen LogP contribution in [0, 0.1) is 12.8 Å². The van der Waals surface area contributed by atoms with Crippen LogP contribution >= 0.6 is 0 Å². The number of anilines is 1. The van der Waals surface area contributed by atoms with Gasteiger partial charge in [0.2, 0.25) is 5.91 Å². The van der Waals surface area contributed by atoms with E-state index in [4.69, 9.17) is 45.6 Å². The Morgan fingerprint density at radius 3 is 1.83 bits per heavy atom. The number of hydrogen-bond acceptors (Lipinski definition) is 13. The van der Waals surface area contributed by atoms with Gasteiger partial charge in [0.25, 0.3) is 0 Å². The number of benzene rings is 2. The van der Waals surface area contributed by atoms with E-state index in [2.05, 4.69) is 42.3 Å². The quantitative estimate of drug-likeness (QED) is 0.124. The Morgan fingerprint density at radius 1 is 0.833 bits per heavy atom. The van der Waals surface area contributed by atoms with Gasteiger partial charge in [-0.1, -0.05) is 18.2 Å². The fourth-order valence-corrected chi connectivity index (χ4v) is 5.74. The third-order valence-electron chi connectivity index (χ3n) is 8.91. The van der Waals surface area contributed by atoms with Gasteiger partial charge in [-0.25, -0.2) is 19.2 Å². The van der Waals surface area contributed by atoms with E-state index >= 15 is 0 Å². The van der Waals surface area contributed by atoms with Crippen LogP contribution in [-0.2, 0) is 37.1 Å². The van der Waals surface area contributed by atoms with Crippen LogP contribution in [0.4, 0.5) is 5.69 Å². The molecule has 300 valence electrons. The number of carboxylic acid groups (broad SMARTS) is 4. The molecule has 5 atom stereocenters. The van der Waals surface area contributed by atoms with Crippen LogP contribution in [-0.4, -0.2) is 144 Å². The van der Waals surface area contributed by atoms with E-state index in [1.165, 1.54) is 11.1 Å². The first-order chi connectivity index (χ1) is 25.4. The highest BCUT2D eigenvalue weighted by atomic mass is 16.5. The van der Waals surface area contributed by atoms with Gasteiger partial charge in [0.15, 0.2) is 24.4 Å². The average molecular weight is 766 g/mol. The number of carbonyl (C=O) groups excluding carboxylic acids is 1. The molecular formula is C36H51N3O15. The summed E-state index contributed by atoms with van der Waals surface area (Å²) in [6.07, 6.45) is -5.52. The number of aryl methyl sites for hydroxylation is 1. The van der Waals surface area contributed by atoms with E-state index in [1.807, 2.05) is 36.2 Å². The van der Waals surface area contributed by atoms with Gasteiger partial charge < -0.3 is 60.9 Å². The van der Waals surface area contributed by atoms with Crippen molar-refractivity contribution >= 4 is 35.5 Å². The van der Waals surface area contributed by atoms with Gasteiger partial charge in [0.1, 0.15) is 5.75 Å². The summed E-state index contributed by atoms with van der Waals surface area (Å²) in [7, 11) is 1.90. The van der Waals surface area contributed by atoms with Gasteiger partial charge in [0.05, 0.1) is 12.7 Å². The van der Waals surface area contributed by atoms with Crippen molar-refractivity contribution in [1.29, 1.82) is 0 Å². The molecule has 2 aliphatic rings. The third kappa shape index (κ3) is 14.3. The first-order valence-electron chi connectivity index (χ1n) is 17.2. The summed E-state index contributed by atoms with van der Waals surface area (Å²) in [6, 6.07) is 14.6. The number of amides is 1. The SMILES string of the molecule is Cc1cc(N(C)C(=O)C2CCC(Oc3cccc(CO)c3)CC2)ccc1CN1CCN[C@@H](C)C1.O=C(O)[C@H](O)[C@@H](O)C(=O)O.O=C(O)[C@H](O)[C@@H](O)C(=O)O. The number of aliphatic carboxylic acids is 4. The summed E-state index contributed by atoms with van der Waals surface area (Å²) < 4.78 is 6.12. The zero-order valence-corrected chi connectivity index (χ0v) is 30.3. The highest BCUT2D eigenvalue weighted by Crippen LogP contribution is 2.31. The molecule has 0 bridgehead atoms. The monoisotopic (exact) mass is 765 g/mol. The van der Waals surface area contributed by atoms with Gasteiger partial charge in [-0.2, -0.15) is 0 Å². The topological polar surface area (TPSA) is 295 Å². The summed E-state index contributed by atoms with van der Waals surface area (Å²) in [5, 5.41) is 77.9. The maximum atomic E-state index is 13.2. The van der Waals surface area contributed by atoms with Crippen molar-refractivity contribution in [3.8, 4) is 5.75 Å². The van der Waals surface area contributed by atoms with Crippen LogP contribution in [0.2, 0.25) is 0 Å². The van der Waals surface area contributed by atoms with Crippen LogP contribution in [0.1, 0.15) is 49.3 Å². The number of nitrogens with zero attached hydrogens (tertiary/aromatic N) is 2. The van der Waals surface area contributed by atoms with Crippen LogP contribution < -0.4 is 15.0 Å². The molecule has 1 saturated carbocycles. The second-order valence-corrected chi connectivity index (χ2v) is 13.1. The number of carboxylic acids is 4. The molecule has 1 saturated heterocycles. The molecule has 0 radical (unpaired) electrons. The zero-order chi connectivity index (χ0) is 40.7. The van der Waals surface area contributed by atoms with Gasteiger partial charge in [0, 0.05) is 50.9 Å². The van der Waals surface area contributed by atoms with Crippen LogP contribution in [0.15, 0.2) is 42.5 Å². The van der Waals surface area contributed by atoms with E-state index in [0.29, 0.717) is 6.04 Å². The van der Waals surface area contributed by atoms with Gasteiger partial charge in [-0.15, -0.1) is 0 Å². The lowest BCUT2D eigenvalue weighted by molar-refractivity contribution is -0.165. The van der Waals surface area contributed by atoms with Crippen molar-refractivity contribution in [2.24, 2.45) is 5.92 Å². The van der Waals surface area contributed by atoms with Crippen molar-refractivity contribution < 1.29 is 74.7 Å². The number of ether oxygens (including phenoxy) is 1. The molecular weight excluding hydrogens is 714 g/mol. The summed E-state index contributed by atoms with van der Waals surface area (Å²) in [5.41, 5.74) is 4.40. The van der Waals surface area contributed by atoms with E-state index < -0.39 is 48.3 Å². The summed E-state index contributed by atoms with van der Waals surface area (Å²) in [5.74, 6) is -6.04. The maximum absolute atomic E-state index is 13.2. The average Bonchev–Trinajstić information content (AvgIpc) is 3.14. The molecule has 10 N–H and O–H groups in total. The van der Waals surface area contributed by atoms with Crippen LogP contribution in [0.3, 0.4) is 0 Å². The first-order valence-corrected chi connectivity index (χ1v) is 17.2. The number of rotatable bonds is 13. The summed E-state index contributed by atoms with van der Waals surface area (Å²) >= 11 is 0. The maximum Gasteiger partial charge on any atom is 0.335 e. The molecule has 54 heavy (non-hydrogen) atoms. The molecule has 18 heteroatoms. The predicted molar refractivity (Wildman–Crippen MR) is 191 cm³/mol. The third-order valence-corrected chi connectivity index (χ3v) is 8.91. The lowest BCUT2D eigenvalue weighted by Crippen LogP contribution is -2.48. The molecule has 2 aromatic carbocycles. The second-order valence-electron chi connectivity index (χ2n) is 13.1. The van der Waals surface area contributed by atoms with E-state index in [-0.39, 0.29) is 24.5 Å². The molecule has 2 fully saturated rings. The molecule has 4 rings (SSSR count). The van der Waals surface area contributed by atoms with Crippen molar-refractivity contribution in [2.45, 2.75) is 89.2 Å². The molecule has 18 nitrogen and oxygen atoms in total. The van der Waals surface area contributed by atoms with Crippen molar-refractivity contribution in [3.63, 3.8) is 0 Å². The van der Waals surface area contributed by atoms with Crippen molar-refractivity contribution in [2.75, 3.05) is 31.6 Å².